The van der Waals surface area contributed by atoms with Crippen LogP contribution < -0.4 is 4.89 Å². The van der Waals surface area contributed by atoms with Crippen LogP contribution in [0.2, 0.25) is 0 Å². The Bertz CT molecular complexity index is 268. The summed E-state index contributed by atoms with van der Waals surface area (Å²) in [6, 6.07) is 0. The first-order valence-corrected chi connectivity index (χ1v) is 13.4. The molecule has 0 rings (SSSR count). The molecular weight excluding hydrogens is 416 g/mol. The zero-order valence-corrected chi connectivity index (χ0v) is 19.2. The van der Waals surface area contributed by atoms with Crippen LogP contribution in [0.1, 0.15) is 39.5 Å². The Hall–Kier alpha value is 2.46. The number of rotatable bonds is 8. The predicted octanol–water partition coefficient (Wildman–Crippen LogP) is 2.66. The van der Waals surface area contributed by atoms with Gasteiger partial charge in [-0.05, 0) is 18.6 Å². The van der Waals surface area contributed by atoms with E-state index in [0.29, 0.717) is 6.61 Å². The average molecular weight is 436 g/mol. The van der Waals surface area contributed by atoms with Gasteiger partial charge in [0.25, 0.3) is 0 Å². The van der Waals surface area contributed by atoms with Crippen molar-refractivity contribution >= 4 is 58.6 Å². The Morgan fingerprint density at radius 1 is 1.21 bits per heavy atom. The summed E-state index contributed by atoms with van der Waals surface area (Å²) in [6.07, 6.45) is 4.16. The normalized spacial score (nSPS) is 13.8. The molecule has 0 aliphatic rings. The summed E-state index contributed by atoms with van der Waals surface area (Å²) in [7, 11) is 0. The van der Waals surface area contributed by atoms with Gasteiger partial charge in [0.1, 0.15) is 0 Å². The van der Waals surface area contributed by atoms with E-state index in [4.69, 9.17) is 26.1 Å². The molecule has 0 saturated carbocycles. The maximum Gasteiger partial charge on any atom is 2.00 e. The van der Waals surface area contributed by atoms with Gasteiger partial charge in [-0.15, -0.1) is 11.4 Å². The first kappa shape index (κ1) is 26.4. The monoisotopic (exact) mass is 434 g/mol. The molecule has 0 amide bonds. The van der Waals surface area contributed by atoms with E-state index in [1.54, 1.807) is 0 Å². The van der Waals surface area contributed by atoms with E-state index in [1.165, 1.54) is 11.4 Å². The molecule has 0 aliphatic carbocycles. The minimum atomic E-state index is -3.22. The van der Waals surface area contributed by atoms with Gasteiger partial charge < -0.3 is 31.5 Å². The van der Waals surface area contributed by atoms with Gasteiger partial charge in [-0.2, -0.15) is 0 Å². The van der Waals surface area contributed by atoms with Crippen molar-refractivity contribution in [1.29, 1.82) is 0 Å². The van der Waals surface area contributed by atoms with Crippen LogP contribution in [0, 0.1) is 0 Å². The van der Waals surface area contributed by atoms with Crippen molar-refractivity contribution in [2.24, 2.45) is 0 Å². The fourth-order valence-electron chi connectivity index (χ4n) is 0.679. The molecule has 4 nitrogen and oxygen atoms in total. The van der Waals surface area contributed by atoms with Crippen molar-refractivity contribution in [1.82, 2.24) is 0 Å². The molecule has 0 aromatic heterocycles. The van der Waals surface area contributed by atoms with Crippen molar-refractivity contribution in [2.75, 3.05) is 12.4 Å². The predicted molar refractivity (Wildman–Crippen MR) is 88.6 cm³/mol. The molecule has 112 valence electrons. The van der Waals surface area contributed by atoms with E-state index in [-0.39, 0.29) is 19.5 Å². The number of unbranched alkanes of at least 4 members (excludes halogenated alkanes) is 2. The van der Waals surface area contributed by atoms with Gasteiger partial charge in [0.15, 0.2) is 0 Å². The van der Waals surface area contributed by atoms with Gasteiger partial charge in [0.2, 0.25) is 0 Å². The smallest absolute Gasteiger partial charge is 0.793 e. The number of hydrogen-bond acceptors (Lipinski definition) is 6. The topological polar surface area (TPSA) is 72.8 Å². The summed E-state index contributed by atoms with van der Waals surface area (Å²) in [5, 5.41) is 0. The van der Waals surface area contributed by atoms with Gasteiger partial charge in [-0.3, -0.25) is 0 Å². The quantitative estimate of drug-likeness (QED) is 0.261. The Morgan fingerprint density at radius 3 is 2.00 bits per heavy atom. The number of hydrogen-bond donors (Lipinski definition) is 2. The van der Waals surface area contributed by atoms with Crippen molar-refractivity contribution in [3.05, 3.63) is 0 Å². The third kappa shape index (κ3) is 33.3. The molecule has 0 saturated heterocycles. The molecule has 0 spiro atoms. The zero-order chi connectivity index (χ0) is 14.7. The van der Waals surface area contributed by atoms with Crippen molar-refractivity contribution < 1.29 is 38.7 Å². The first-order chi connectivity index (χ1) is 8.12. The molecule has 0 heterocycles. The van der Waals surface area contributed by atoms with Crippen LogP contribution in [0.4, 0.5) is 0 Å². The summed E-state index contributed by atoms with van der Waals surface area (Å²) in [5.74, 6) is 0.851. The summed E-state index contributed by atoms with van der Waals surface area (Å²) < 4.78 is 5.15. The van der Waals surface area contributed by atoms with E-state index >= 15 is 0 Å². The summed E-state index contributed by atoms with van der Waals surface area (Å²) in [5.41, 5.74) is -5.97. The van der Waals surface area contributed by atoms with Crippen LogP contribution in [0.3, 0.4) is 0 Å². The van der Waals surface area contributed by atoms with E-state index in [2.05, 4.69) is 37.9 Å². The largest absolute Gasteiger partial charge is 2.00 e. The molecule has 1 unspecified atom stereocenters. The first-order valence-electron chi connectivity index (χ1n) is 5.49. The molecule has 11 heteroatoms. The molecule has 19 heavy (non-hydrogen) atoms. The molecule has 0 radical (unpaired) electrons. The molecule has 2 N–H and O–H groups in total. The van der Waals surface area contributed by atoms with Crippen LogP contribution >= 0.6 is 22.8 Å². The minimum absolute atomic E-state index is 0. The van der Waals surface area contributed by atoms with Crippen molar-refractivity contribution in [3.8, 4) is 0 Å². The maximum absolute atomic E-state index is 11.5. The molecule has 0 bridgehead atoms. The second-order valence-electron chi connectivity index (χ2n) is 3.31. The maximum atomic E-state index is 11.5. The van der Waals surface area contributed by atoms with E-state index in [9.17, 15) is 4.89 Å². The molecule has 0 aromatic carbocycles. The van der Waals surface area contributed by atoms with Crippen LogP contribution in [0.15, 0.2) is 0 Å². The Morgan fingerprint density at radius 2 is 1.63 bits per heavy atom. The van der Waals surface area contributed by atoms with Gasteiger partial charge >= 0.3 is 19.5 Å². The molecule has 0 aromatic rings. The Kier molecular flexibility index (Phi) is 21.3. The Balaban J connectivity index is -0.000000366. The second kappa shape index (κ2) is 15.4. The van der Waals surface area contributed by atoms with Gasteiger partial charge in [-0.1, -0.05) is 50.3 Å². The SMILES string of the molecule is CCCCOP([O-])(=S)SCCCC.OP(O)(=S)[S-].[Zn+2]. The van der Waals surface area contributed by atoms with E-state index < -0.39 is 11.4 Å². The molecule has 0 aliphatic heterocycles. The third-order valence-corrected chi connectivity index (χ3v) is 5.86. The summed E-state index contributed by atoms with van der Waals surface area (Å²) in [4.78, 5) is 27.2. The molecule has 1 atom stereocenters. The Labute approximate surface area is 148 Å². The van der Waals surface area contributed by atoms with E-state index in [0.717, 1.165) is 31.4 Å². The van der Waals surface area contributed by atoms with Crippen LogP contribution in [-0.2, 0) is 59.9 Å². The fraction of sp³-hybridized carbons (Fsp3) is 1.00. The fourth-order valence-corrected chi connectivity index (χ4v) is 4.15. The van der Waals surface area contributed by atoms with Crippen molar-refractivity contribution in [2.45, 2.75) is 39.5 Å². The van der Waals surface area contributed by atoms with Crippen molar-refractivity contribution in [3.63, 3.8) is 0 Å². The summed E-state index contributed by atoms with van der Waals surface area (Å²) in [6.45, 7) is 4.71. The van der Waals surface area contributed by atoms with E-state index in [1.807, 2.05) is 0 Å². The molecular formula is C8H20O4P2S4Zn. The van der Waals surface area contributed by atoms with Crippen LogP contribution in [0.25, 0.3) is 0 Å². The summed E-state index contributed by atoms with van der Waals surface area (Å²) >= 11 is 13.9. The van der Waals surface area contributed by atoms with Crippen LogP contribution in [-0.4, -0.2) is 22.1 Å². The van der Waals surface area contributed by atoms with Gasteiger partial charge in [0.05, 0.1) is 6.61 Å². The standard InChI is InChI=1S/C8H19O2PS2.H3O2PS2.Zn/c1-3-5-7-10-11(9,12)13-8-6-4-2;1-3(2,4)5;/h3-8H2,1-2H3,(H,9,12);(H3,1,2,4,5);/q;;+2/p-2. The average Bonchev–Trinajstić information content (AvgIpc) is 2.15. The zero-order valence-electron chi connectivity index (χ0n) is 11.2. The molecule has 0 fully saturated rings. The third-order valence-electron chi connectivity index (χ3n) is 1.49. The van der Waals surface area contributed by atoms with Gasteiger partial charge in [-0.25, -0.2) is 0 Å². The van der Waals surface area contributed by atoms with Gasteiger partial charge in [0, 0.05) is 11.4 Å². The van der Waals surface area contributed by atoms with Crippen LogP contribution in [0.5, 0.6) is 0 Å². The second-order valence-corrected chi connectivity index (χ2v) is 14.2. The minimum Gasteiger partial charge on any atom is -0.793 e.